The van der Waals surface area contributed by atoms with Crippen LogP contribution in [0.3, 0.4) is 0 Å². The number of β-amino-alcohol motifs (C(OH)–C–C–N with tert-alkyl or cyclic N) is 1. The van der Waals surface area contributed by atoms with Gasteiger partial charge in [-0.3, -0.25) is 9.69 Å². The zero-order chi connectivity index (χ0) is 13.7. The van der Waals surface area contributed by atoms with E-state index in [0.29, 0.717) is 0 Å². The first-order valence-electron chi connectivity index (χ1n) is 6.32. The SMILES string of the molecule is COC(=O)Cc1csc(N2CCN(CCO)CC2)n1. The van der Waals surface area contributed by atoms with Crippen LogP contribution in [-0.2, 0) is 16.0 Å². The van der Waals surface area contributed by atoms with Gasteiger partial charge in [-0.1, -0.05) is 0 Å². The number of piperazine rings is 1. The second-order valence-corrected chi connectivity index (χ2v) is 5.26. The van der Waals surface area contributed by atoms with Crippen LogP contribution in [0.2, 0.25) is 0 Å². The highest BCUT2D eigenvalue weighted by atomic mass is 32.1. The van der Waals surface area contributed by atoms with Gasteiger partial charge in [-0.2, -0.15) is 0 Å². The summed E-state index contributed by atoms with van der Waals surface area (Å²) in [7, 11) is 1.38. The number of hydrogen-bond donors (Lipinski definition) is 1. The fourth-order valence-electron chi connectivity index (χ4n) is 2.05. The quantitative estimate of drug-likeness (QED) is 0.767. The number of nitrogens with zero attached hydrogens (tertiary/aromatic N) is 3. The van der Waals surface area contributed by atoms with E-state index in [1.165, 1.54) is 7.11 Å². The van der Waals surface area contributed by atoms with Gasteiger partial charge in [-0.05, 0) is 0 Å². The highest BCUT2D eigenvalue weighted by Crippen LogP contribution is 2.22. The molecule has 1 N–H and O–H groups in total. The van der Waals surface area contributed by atoms with Gasteiger partial charge in [0.2, 0.25) is 0 Å². The first kappa shape index (κ1) is 14.2. The number of aliphatic hydroxyl groups excluding tert-OH is 1. The van der Waals surface area contributed by atoms with E-state index in [-0.39, 0.29) is 19.0 Å². The molecular formula is C12H19N3O3S. The summed E-state index contributed by atoms with van der Waals surface area (Å²) in [4.78, 5) is 20.1. The third-order valence-electron chi connectivity index (χ3n) is 3.15. The number of thiazole rings is 1. The van der Waals surface area contributed by atoms with Crippen LogP contribution < -0.4 is 4.90 Å². The number of aromatic nitrogens is 1. The standard InChI is InChI=1S/C12H19N3O3S/c1-18-11(17)8-10-9-19-12(13-10)15-4-2-14(3-5-15)6-7-16/h9,16H,2-8H2,1H3. The van der Waals surface area contributed by atoms with Crippen molar-refractivity contribution < 1.29 is 14.6 Å². The van der Waals surface area contributed by atoms with Crippen molar-refractivity contribution in [2.45, 2.75) is 6.42 Å². The largest absolute Gasteiger partial charge is 0.469 e. The number of methoxy groups -OCH3 is 1. The highest BCUT2D eigenvalue weighted by molar-refractivity contribution is 7.13. The fraction of sp³-hybridized carbons (Fsp3) is 0.667. The number of carbonyl (C=O) groups is 1. The molecule has 0 radical (unpaired) electrons. The van der Waals surface area contributed by atoms with Gasteiger partial charge in [0.1, 0.15) is 0 Å². The maximum absolute atomic E-state index is 11.2. The van der Waals surface area contributed by atoms with E-state index in [1.54, 1.807) is 11.3 Å². The predicted molar refractivity (Wildman–Crippen MR) is 73.6 cm³/mol. The molecule has 2 heterocycles. The highest BCUT2D eigenvalue weighted by Gasteiger charge is 2.19. The van der Waals surface area contributed by atoms with Crippen molar-refractivity contribution in [3.05, 3.63) is 11.1 Å². The van der Waals surface area contributed by atoms with Gasteiger partial charge in [-0.15, -0.1) is 11.3 Å². The van der Waals surface area contributed by atoms with Crippen LogP contribution in [0.5, 0.6) is 0 Å². The lowest BCUT2D eigenvalue weighted by molar-refractivity contribution is -0.139. The van der Waals surface area contributed by atoms with Gasteiger partial charge < -0.3 is 14.7 Å². The summed E-state index contributed by atoms with van der Waals surface area (Å²) < 4.78 is 4.63. The minimum absolute atomic E-state index is 0.209. The van der Waals surface area contributed by atoms with E-state index in [9.17, 15) is 4.79 Å². The van der Waals surface area contributed by atoms with Crippen LogP contribution in [0.4, 0.5) is 5.13 Å². The molecule has 1 fully saturated rings. The second-order valence-electron chi connectivity index (χ2n) is 4.43. The van der Waals surface area contributed by atoms with Crippen LogP contribution in [0, 0.1) is 0 Å². The molecule has 1 aliphatic rings. The summed E-state index contributed by atoms with van der Waals surface area (Å²) in [5, 5.41) is 11.8. The molecule has 7 heteroatoms. The molecule has 0 saturated carbocycles. The average Bonchev–Trinajstić information content (AvgIpc) is 2.88. The van der Waals surface area contributed by atoms with Gasteiger partial charge in [0.15, 0.2) is 5.13 Å². The molecule has 19 heavy (non-hydrogen) atoms. The Balaban J connectivity index is 1.88. The summed E-state index contributed by atoms with van der Waals surface area (Å²) >= 11 is 1.56. The van der Waals surface area contributed by atoms with Crippen molar-refractivity contribution >= 4 is 22.4 Å². The molecular weight excluding hydrogens is 266 g/mol. The first-order valence-corrected chi connectivity index (χ1v) is 7.20. The molecule has 2 rings (SSSR count). The van der Waals surface area contributed by atoms with Crippen molar-refractivity contribution in [2.24, 2.45) is 0 Å². The van der Waals surface area contributed by atoms with E-state index in [2.05, 4.69) is 19.5 Å². The Morgan fingerprint density at radius 2 is 2.21 bits per heavy atom. The molecule has 0 spiro atoms. The molecule has 106 valence electrons. The van der Waals surface area contributed by atoms with Gasteiger partial charge in [0.25, 0.3) is 0 Å². The Kier molecular flexibility index (Phi) is 5.12. The molecule has 0 amide bonds. The third-order valence-corrected chi connectivity index (χ3v) is 4.10. The number of ether oxygens (including phenoxy) is 1. The lowest BCUT2D eigenvalue weighted by Gasteiger charge is -2.34. The summed E-state index contributed by atoms with van der Waals surface area (Å²) in [6, 6.07) is 0. The lowest BCUT2D eigenvalue weighted by Crippen LogP contribution is -2.47. The normalized spacial score (nSPS) is 16.6. The molecule has 0 bridgehead atoms. The van der Waals surface area contributed by atoms with Crippen LogP contribution in [0.25, 0.3) is 0 Å². The predicted octanol–water partition coefficient (Wildman–Crippen LogP) is -0.0271. The number of carbonyl (C=O) groups excluding carboxylic acids is 1. The Morgan fingerprint density at radius 3 is 2.84 bits per heavy atom. The number of hydrogen-bond acceptors (Lipinski definition) is 7. The van der Waals surface area contributed by atoms with E-state index < -0.39 is 0 Å². The van der Waals surface area contributed by atoms with Crippen LogP contribution >= 0.6 is 11.3 Å². The maximum Gasteiger partial charge on any atom is 0.311 e. The summed E-state index contributed by atoms with van der Waals surface area (Å²) in [5.41, 5.74) is 0.768. The monoisotopic (exact) mass is 285 g/mol. The molecule has 0 unspecified atom stereocenters. The van der Waals surface area contributed by atoms with Crippen molar-refractivity contribution in [1.29, 1.82) is 0 Å². The van der Waals surface area contributed by atoms with E-state index in [0.717, 1.165) is 43.5 Å². The van der Waals surface area contributed by atoms with Crippen molar-refractivity contribution in [3.8, 4) is 0 Å². The number of esters is 1. The summed E-state index contributed by atoms with van der Waals surface area (Å²) in [6.07, 6.45) is 0.234. The molecule has 1 saturated heterocycles. The summed E-state index contributed by atoms with van der Waals surface area (Å²) in [6.45, 7) is 4.63. The van der Waals surface area contributed by atoms with Crippen LogP contribution in [0.15, 0.2) is 5.38 Å². The first-order chi connectivity index (χ1) is 9.22. The number of aliphatic hydroxyl groups is 1. The average molecular weight is 285 g/mol. The van der Waals surface area contributed by atoms with Gasteiger partial charge in [-0.25, -0.2) is 4.98 Å². The van der Waals surface area contributed by atoms with E-state index in [4.69, 9.17) is 5.11 Å². The molecule has 0 aliphatic carbocycles. The Bertz CT molecular complexity index is 416. The smallest absolute Gasteiger partial charge is 0.311 e. The lowest BCUT2D eigenvalue weighted by atomic mass is 10.3. The number of rotatable bonds is 5. The van der Waals surface area contributed by atoms with Crippen LogP contribution in [0.1, 0.15) is 5.69 Å². The Morgan fingerprint density at radius 1 is 1.47 bits per heavy atom. The van der Waals surface area contributed by atoms with Gasteiger partial charge in [0, 0.05) is 38.1 Å². The topological polar surface area (TPSA) is 65.9 Å². The number of anilines is 1. The third kappa shape index (κ3) is 3.89. The summed E-state index contributed by atoms with van der Waals surface area (Å²) in [5.74, 6) is -0.260. The van der Waals surface area contributed by atoms with Gasteiger partial charge >= 0.3 is 5.97 Å². The van der Waals surface area contributed by atoms with Crippen LogP contribution in [-0.4, -0.2) is 67.4 Å². The molecule has 0 aromatic carbocycles. The fourth-order valence-corrected chi connectivity index (χ4v) is 2.93. The molecule has 1 aromatic rings. The minimum atomic E-state index is -0.260. The minimum Gasteiger partial charge on any atom is -0.469 e. The van der Waals surface area contributed by atoms with Gasteiger partial charge in [0.05, 0.1) is 25.8 Å². The van der Waals surface area contributed by atoms with E-state index in [1.807, 2.05) is 5.38 Å². The zero-order valence-corrected chi connectivity index (χ0v) is 11.9. The van der Waals surface area contributed by atoms with Crippen molar-refractivity contribution in [1.82, 2.24) is 9.88 Å². The Hall–Kier alpha value is -1.18. The zero-order valence-electron chi connectivity index (χ0n) is 11.0. The molecule has 1 aliphatic heterocycles. The molecule has 1 aromatic heterocycles. The Labute approximate surface area is 116 Å². The molecule has 0 atom stereocenters. The molecule has 6 nitrogen and oxygen atoms in total. The second kappa shape index (κ2) is 6.83. The van der Waals surface area contributed by atoms with Crippen molar-refractivity contribution in [3.63, 3.8) is 0 Å². The van der Waals surface area contributed by atoms with E-state index >= 15 is 0 Å². The van der Waals surface area contributed by atoms with Crippen molar-refractivity contribution in [2.75, 3.05) is 51.3 Å². The maximum atomic E-state index is 11.2.